The van der Waals surface area contributed by atoms with E-state index in [9.17, 15) is 0 Å². The molecule has 0 radical (unpaired) electrons. The lowest BCUT2D eigenvalue weighted by molar-refractivity contribution is 0.480. The Kier molecular flexibility index (Phi) is 2.90. The van der Waals surface area contributed by atoms with Crippen LogP contribution in [0.25, 0.3) is 0 Å². The van der Waals surface area contributed by atoms with Crippen molar-refractivity contribution in [1.29, 1.82) is 0 Å². The Balaban J connectivity index is 2.50. The fourth-order valence-electron chi connectivity index (χ4n) is 1.08. The van der Waals surface area contributed by atoms with Gasteiger partial charge in [0.15, 0.2) is 0 Å². The van der Waals surface area contributed by atoms with Gasteiger partial charge in [0.2, 0.25) is 0 Å². The molecular weight excluding hydrogens is 136 g/mol. The van der Waals surface area contributed by atoms with Crippen LogP contribution in [0.2, 0.25) is 0 Å². The highest BCUT2D eigenvalue weighted by atomic mass is 15.0. The highest BCUT2D eigenvalue weighted by molar-refractivity contribution is 5.56. The minimum atomic E-state index is 0.422. The molecule has 2 unspecified atom stereocenters. The number of rotatable bonds is 2. The average molecular weight is 150 g/mol. The van der Waals surface area contributed by atoms with E-state index in [0.29, 0.717) is 12.0 Å². The van der Waals surface area contributed by atoms with Crippen molar-refractivity contribution in [1.82, 2.24) is 5.32 Å². The average Bonchev–Trinajstić information content (AvgIpc) is 2.03. The summed E-state index contributed by atoms with van der Waals surface area (Å²) >= 11 is 0. The van der Waals surface area contributed by atoms with Crippen molar-refractivity contribution in [2.45, 2.75) is 13.0 Å². The fraction of sp³-hybridized carbons (Fsp3) is 0.444. The predicted molar refractivity (Wildman–Crippen MR) is 48.8 cm³/mol. The molecule has 2 heteroatoms. The van der Waals surface area contributed by atoms with Gasteiger partial charge in [-0.05, 0) is 5.92 Å². The van der Waals surface area contributed by atoms with Gasteiger partial charge >= 0.3 is 0 Å². The van der Waals surface area contributed by atoms with E-state index >= 15 is 0 Å². The third-order valence-electron chi connectivity index (χ3n) is 1.82. The first-order valence-corrected chi connectivity index (χ1v) is 3.88. The van der Waals surface area contributed by atoms with Crippen LogP contribution in [0.3, 0.4) is 0 Å². The van der Waals surface area contributed by atoms with Gasteiger partial charge in [0.25, 0.3) is 0 Å². The Labute approximate surface area is 67.7 Å². The Hall–Kier alpha value is -1.05. The maximum absolute atomic E-state index is 4.12. The first-order chi connectivity index (χ1) is 5.34. The van der Waals surface area contributed by atoms with Gasteiger partial charge in [-0.2, -0.15) is 0 Å². The monoisotopic (exact) mass is 150 g/mol. The first kappa shape index (κ1) is 8.05. The zero-order chi connectivity index (χ0) is 8.10. The van der Waals surface area contributed by atoms with Crippen LogP contribution < -0.4 is 5.32 Å². The van der Waals surface area contributed by atoms with Crippen molar-refractivity contribution < 1.29 is 0 Å². The van der Waals surface area contributed by atoms with E-state index in [1.807, 2.05) is 6.08 Å². The summed E-state index contributed by atoms with van der Waals surface area (Å²) in [6.07, 6.45) is 7.65. The third-order valence-corrected chi connectivity index (χ3v) is 1.82. The molecule has 0 saturated carbocycles. The summed E-state index contributed by atoms with van der Waals surface area (Å²) in [6, 6.07) is 0.422. The van der Waals surface area contributed by atoms with Gasteiger partial charge in [0.1, 0.15) is 0 Å². The van der Waals surface area contributed by atoms with Gasteiger partial charge in [-0.1, -0.05) is 31.7 Å². The van der Waals surface area contributed by atoms with E-state index in [1.165, 1.54) is 0 Å². The molecule has 0 saturated heterocycles. The maximum Gasteiger partial charge on any atom is 0.0828 e. The number of hydrogen-bond acceptors (Lipinski definition) is 2. The molecular formula is C9H14N2. The van der Waals surface area contributed by atoms with Crippen LogP contribution in [0.1, 0.15) is 6.92 Å². The number of allylic oxidation sites excluding steroid dienone is 2. The standard InChI is InChI=1S/C9H14N2/c1-3-4-5-9-8(2)6-10-7-11-9/h3-5,7-9H,1,6H2,2H3,(H,10,11)/b5-4-. The quantitative estimate of drug-likeness (QED) is 0.591. The largest absolute Gasteiger partial charge is 0.370 e. The molecule has 1 rings (SSSR count). The van der Waals surface area contributed by atoms with E-state index in [2.05, 4.69) is 29.9 Å². The van der Waals surface area contributed by atoms with Gasteiger partial charge in [-0.3, -0.25) is 4.99 Å². The lowest BCUT2D eigenvalue weighted by atomic mass is 10.0. The van der Waals surface area contributed by atoms with Crippen LogP contribution in [0.4, 0.5) is 0 Å². The number of nitrogens with one attached hydrogen (secondary N) is 1. The summed E-state index contributed by atoms with van der Waals surface area (Å²) in [5, 5.41) is 3.18. The minimum Gasteiger partial charge on any atom is -0.370 e. The molecule has 0 aromatic heterocycles. The lowest BCUT2D eigenvalue weighted by Crippen LogP contribution is -2.37. The van der Waals surface area contributed by atoms with Crippen LogP contribution in [0.15, 0.2) is 29.8 Å². The minimum absolute atomic E-state index is 0.422. The molecule has 2 nitrogen and oxygen atoms in total. The fourth-order valence-corrected chi connectivity index (χ4v) is 1.08. The molecule has 0 spiro atoms. The normalized spacial score (nSPS) is 30.3. The number of nitrogens with zero attached hydrogens (tertiary/aromatic N) is 1. The number of aliphatic imine (C=N–C) groups is 1. The van der Waals surface area contributed by atoms with Gasteiger partial charge in [-0.15, -0.1) is 0 Å². The molecule has 0 fully saturated rings. The van der Waals surface area contributed by atoms with Gasteiger partial charge in [0, 0.05) is 12.6 Å². The molecule has 60 valence electrons. The van der Waals surface area contributed by atoms with E-state index in [-0.39, 0.29) is 0 Å². The molecule has 0 aliphatic carbocycles. The third kappa shape index (κ3) is 2.22. The Bertz CT molecular complexity index is 182. The molecule has 1 aliphatic rings. The molecule has 1 N–H and O–H groups in total. The van der Waals surface area contributed by atoms with Crippen LogP contribution >= 0.6 is 0 Å². The SMILES string of the molecule is C=C/C=C\C1NC=NCC1C. The number of hydrogen-bond donors (Lipinski definition) is 1. The summed E-state index contributed by atoms with van der Waals surface area (Å²) in [5.74, 6) is 0.580. The summed E-state index contributed by atoms with van der Waals surface area (Å²) in [7, 11) is 0. The zero-order valence-corrected chi connectivity index (χ0v) is 6.83. The Morgan fingerprint density at radius 3 is 3.18 bits per heavy atom. The van der Waals surface area contributed by atoms with Crippen LogP contribution in [0, 0.1) is 5.92 Å². The first-order valence-electron chi connectivity index (χ1n) is 3.88. The predicted octanol–water partition coefficient (Wildman–Crippen LogP) is 1.36. The zero-order valence-electron chi connectivity index (χ0n) is 6.83. The molecule has 0 aromatic carbocycles. The summed E-state index contributed by atoms with van der Waals surface area (Å²) < 4.78 is 0. The molecule has 2 atom stereocenters. The lowest BCUT2D eigenvalue weighted by Gasteiger charge is -2.22. The molecule has 0 bridgehead atoms. The second-order valence-corrected chi connectivity index (χ2v) is 2.78. The van der Waals surface area contributed by atoms with Crippen LogP contribution in [-0.2, 0) is 0 Å². The van der Waals surface area contributed by atoms with Crippen molar-refractivity contribution in [3.63, 3.8) is 0 Å². The second kappa shape index (κ2) is 3.96. The molecule has 1 aliphatic heterocycles. The summed E-state index contributed by atoms with van der Waals surface area (Å²) in [4.78, 5) is 4.12. The Morgan fingerprint density at radius 1 is 1.73 bits per heavy atom. The van der Waals surface area contributed by atoms with Crippen molar-refractivity contribution in [2.24, 2.45) is 10.9 Å². The van der Waals surface area contributed by atoms with E-state index in [1.54, 1.807) is 12.4 Å². The summed E-state index contributed by atoms with van der Waals surface area (Å²) in [6.45, 7) is 6.72. The van der Waals surface area contributed by atoms with Gasteiger partial charge in [-0.25, -0.2) is 0 Å². The van der Waals surface area contributed by atoms with Crippen LogP contribution in [0.5, 0.6) is 0 Å². The van der Waals surface area contributed by atoms with E-state index in [4.69, 9.17) is 0 Å². The van der Waals surface area contributed by atoms with Crippen molar-refractivity contribution >= 4 is 6.34 Å². The smallest absolute Gasteiger partial charge is 0.0828 e. The Morgan fingerprint density at radius 2 is 2.55 bits per heavy atom. The van der Waals surface area contributed by atoms with Crippen molar-refractivity contribution in [2.75, 3.05) is 6.54 Å². The van der Waals surface area contributed by atoms with E-state index in [0.717, 1.165) is 6.54 Å². The van der Waals surface area contributed by atoms with Gasteiger partial charge in [0.05, 0.1) is 6.34 Å². The molecule has 0 aromatic rings. The maximum atomic E-state index is 4.12. The van der Waals surface area contributed by atoms with E-state index < -0.39 is 0 Å². The van der Waals surface area contributed by atoms with Gasteiger partial charge < -0.3 is 5.32 Å². The molecule has 11 heavy (non-hydrogen) atoms. The molecule has 0 amide bonds. The highest BCUT2D eigenvalue weighted by Crippen LogP contribution is 2.07. The van der Waals surface area contributed by atoms with Crippen LogP contribution in [-0.4, -0.2) is 18.9 Å². The molecule has 1 heterocycles. The van der Waals surface area contributed by atoms with Crippen molar-refractivity contribution in [3.05, 3.63) is 24.8 Å². The summed E-state index contributed by atoms with van der Waals surface area (Å²) in [5.41, 5.74) is 0. The topological polar surface area (TPSA) is 24.4 Å². The second-order valence-electron chi connectivity index (χ2n) is 2.78. The van der Waals surface area contributed by atoms with Crippen molar-refractivity contribution in [3.8, 4) is 0 Å². The highest BCUT2D eigenvalue weighted by Gasteiger charge is 2.14.